The van der Waals surface area contributed by atoms with Crippen molar-refractivity contribution in [3.8, 4) is 0 Å². The SMILES string of the molecule is Cc1ccccc1C1(N)CCCC(C)C1. The first-order valence-corrected chi connectivity index (χ1v) is 5.97. The molecule has 1 aromatic carbocycles. The largest absolute Gasteiger partial charge is 0.321 e. The summed E-state index contributed by atoms with van der Waals surface area (Å²) >= 11 is 0. The van der Waals surface area contributed by atoms with Crippen LogP contribution in [0.15, 0.2) is 24.3 Å². The zero-order chi connectivity index (χ0) is 10.9. The second-order valence-electron chi connectivity index (χ2n) is 5.17. The van der Waals surface area contributed by atoms with E-state index in [0.717, 1.165) is 18.8 Å². The molecular weight excluding hydrogens is 182 g/mol. The maximum absolute atomic E-state index is 6.57. The van der Waals surface area contributed by atoms with E-state index in [2.05, 4.69) is 38.1 Å². The van der Waals surface area contributed by atoms with Gasteiger partial charge in [-0.3, -0.25) is 0 Å². The van der Waals surface area contributed by atoms with Gasteiger partial charge in [-0.1, -0.05) is 44.0 Å². The van der Waals surface area contributed by atoms with Crippen molar-refractivity contribution in [2.24, 2.45) is 11.7 Å². The maximum Gasteiger partial charge on any atom is 0.0414 e. The van der Waals surface area contributed by atoms with Gasteiger partial charge in [-0.05, 0) is 36.8 Å². The summed E-state index contributed by atoms with van der Waals surface area (Å²) in [6.07, 6.45) is 4.89. The van der Waals surface area contributed by atoms with E-state index < -0.39 is 0 Å². The fourth-order valence-corrected chi connectivity index (χ4v) is 2.97. The summed E-state index contributed by atoms with van der Waals surface area (Å²) in [6.45, 7) is 4.49. The van der Waals surface area contributed by atoms with E-state index in [4.69, 9.17) is 5.73 Å². The van der Waals surface area contributed by atoms with Crippen molar-refractivity contribution in [1.29, 1.82) is 0 Å². The third kappa shape index (κ3) is 2.07. The minimum absolute atomic E-state index is 0.0665. The number of hydrogen-bond acceptors (Lipinski definition) is 1. The molecule has 1 fully saturated rings. The van der Waals surface area contributed by atoms with E-state index in [1.807, 2.05) is 0 Å². The van der Waals surface area contributed by atoms with Crippen LogP contribution in [0.4, 0.5) is 0 Å². The fraction of sp³-hybridized carbons (Fsp3) is 0.571. The first-order valence-electron chi connectivity index (χ1n) is 5.97. The fourth-order valence-electron chi connectivity index (χ4n) is 2.97. The molecule has 1 nitrogen and oxygen atoms in total. The Labute approximate surface area is 92.7 Å². The van der Waals surface area contributed by atoms with Crippen LogP contribution in [-0.2, 0) is 5.54 Å². The van der Waals surface area contributed by atoms with Crippen molar-refractivity contribution in [1.82, 2.24) is 0 Å². The smallest absolute Gasteiger partial charge is 0.0414 e. The third-order valence-corrected chi connectivity index (χ3v) is 3.71. The van der Waals surface area contributed by atoms with E-state index in [0.29, 0.717) is 0 Å². The Bertz CT molecular complexity index is 345. The van der Waals surface area contributed by atoms with E-state index in [-0.39, 0.29) is 5.54 Å². The van der Waals surface area contributed by atoms with Gasteiger partial charge in [-0.15, -0.1) is 0 Å². The molecule has 0 aromatic heterocycles. The molecule has 0 radical (unpaired) electrons. The minimum atomic E-state index is -0.0665. The van der Waals surface area contributed by atoms with Crippen LogP contribution >= 0.6 is 0 Å². The van der Waals surface area contributed by atoms with Crippen LogP contribution in [0.1, 0.15) is 43.7 Å². The first kappa shape index (κ1) is 10.7. The highest BCUT2D eigenvalue weighted by molar-refractivity contribution is 5.32. The van der Waals surface area contributed by atoms with Crippen LogP contribution in [0.25, 0.3) is 0 Å². The minimum Gasteiger partial charge on any atom is -0.321 e. The standard InChI is InChI=1S/C14H21N/c1-11-6-5-9-14(15,10-11)13-8-4-3-7-12(13)2/h3-4,7-8,11H,5-6,9-10,15H2,1-2H3. The zero-order valence-electron chi connectivity index (χ0n) is 9.79. The highest BCUT2D eigenvalue weighted by Crippen LogP contribution is 2.38. The highest BCUT2D eigenvalue weighted by Gasteiger charge is 2.33. The summed E-state index contributed by atoms with van der Waals surface area (Å²) in [5.74, 6) is 0.767. The van der Waals surface area contributed by atoms with Crippen LogP contribution < -0.4 is 5.73 Å². The molecule has 82 valence electrons. The lowest BCUT2D eigenvalue weighted by Crippen LogP contribution is -2.41. The molecule has 1 aliphatic carbocycles. The van der Waals surface area contributed by atoms with Crippen molar-refractivity contribution in [3.63, 3.8) is 0 Å². The summed E-state index contributed by atoms with van der Waals surface area (Å²) in [6, 6.07) is 8.57. The van der Waals surface area contributed by atoms with E-state index in [1.165, 1.54) is 24.0 Å². The van der Waals surface area contributed by atoms with Crippen LogP contribution in [-0.4, -0.2) is 0 Å². The lowest BCUT2D eigenvalue weighted by Gasteiger charge is -2.38. The monoisotopic (exact) mass is 203 g/mol. The molecule has 0 aliphatic heterocycles. The van der Waals surface area contributed by atoms with Gasteiger partial charge in [0.25, 0.3) is 0 Å². The van der Waals surface area contributed by atoms with Crippen LogP contribution in [0.5, 0.6) is 0 Å². The van der Waals surface area contributed by atoms with Crippen molar-refractivity contribution in [3.05, 3.63) is 35.4 Å². The Kier molecular flexibility index (Phi) is 2.83. The van der Waals surface area contributed by atoms with Crippen molar-refractivity contribution in [2.75, 3.05) is 0 Å². The molecule has 0 amide bonds. The summed E-state index contributed by atoms with van der Waals surface area (Å²) < 4.78 is 0. The second kappa shape index (κ2) is 3.97. The molecule has 0 saturated heterocycles. The maximum atomic E-state index is 6.57. The molecule has 0 heterocycles. The van der Waals surface area contributed by atoms with Gasteiger partial charge in [0.15, 0.2) is 0 Å². The Hall–Kier alpha value is -0.820. The molecule has 15 heavy (non-hydrogen) atoms. The average Bonchev–Trinajstić information content (AvgIpc) is 2.17. The highest BCUT2D eigenvalue weighted by atomic mass is 14.8. The summed E-state index contributed by atoms with van der Waals surface area (Å²) in [7, 11) is 0. The zero-order valence-corrected chi connectivity index (χ0v) is 9.79. The second-order valence-corrected chi connectivity index (χ2v) is 5.17. The van der Waals surface area contributed by atoms with Crippen molar-refractivity contribution < 1.29 is 0 Å². The summed E-state index contributed by atoms with van der Waals surface area (Å²) in [5.41, 5.74) is 9.20. The average molecular weight is 203 g/mol. The Morgan fingerprint density at radius 2 is 2.07 bits per heavy atom. The molecule has 0 bridgehead atoms. The van der Waals surface area contributed by atoms with E-state index in [1.54, 1.807) is 0 Å². The molecule has 0 spiro atoms. The molecule has 2 rings (SSSR count). The molecule has 2 N–H and O–H groups in total. The number of nitrogens with two attached hydrogens (primary N) is 1. The van der Waals surface area contributed by atoms with Crippen LogP contribution in [0.3, 0.4) is 0 Å². The van der Waals surface area contributed by atoms with E-state index in [9.17, 15) is 0 Å². The Morgan fingerprint density at radius 1 is 1.33 bits per heavy atom. The molecule has 1 aliphatic rings. The molecule has 1 saturated carbocycles. The number of rotatable bonds is 1. The van der Waals surface area contributed by atoms with Crippen LogP contribution in [0.2, 0.25) is 0 Å². The first-order chi connectivity index (χ1) is 7.12. The van der Waals surface area contributed by atoms with Gasteiger partial charge in [-0.25, -0.2) is 0 Å². The lowest BCUT2D eigenvalue weighted by atomic mass is 9.72. The van der Waals surface area contributed by atoms with Crippen molar-refractivity contribution >= 4 is 0 Å². The molecule has 1 aromatic rings. The molecule has 2 unspecified atom stereocenters. The number of hydrogen-bond donors (Lipinski definition) is 1. The quantitative estimate of drug-likeness (QED) is 0.744. The summed E-state index contributed by atoms with van der Waals surface area (Å²) in [4.78, 5) is 0. The summed E-state index contributed by atoms with van der Waals surface area (Å²) in [5, 5.41) is 0. The van der Waals surface area contributed by atoms with Gasteiger partial charge in [-0.2, -0.15) is 0 Å². The van der Waals surface area contributed by atoms with Gasteiger partial charge in [0.05, 0.1) is 0 Å². The van der Waals surface area contributed by atoms with Gasteiger partial charge in [0.2, 0.25) is 0 Å². The Morgan fingerprint density at radius 3 is 2.73 bits per heavy atom. The number of aryl methyl sites for hydroxylation is 1. The normalized spacial score (nSPS) is 31.5. The molecule has 2 atom stereocenters. The van der Waals surface area contributed by atoms with Gasteiger partial charge < -0.3 is 5.73 Å². The number of benzene rings is 1. The molecule has 1 heteroatoms. The topological polar surface area (TPSA) is 26.0 Å². The van der Waals surface area contributed by atoms with Crippen LogP contribution in [0, 0.1) is 12.8 Å². The third-order valence-electron chi connectivity index (χ3n) is 3.71. The van der Waals surface area contributed by atoms with Gasteiger partial charge in [0.1, 0.15) is 0 Å². The predicted octanol–water partition coefficient (Wildman–Crippen LogP) is 3.36. The lowest BCUT2D eigenvalue weighted by molar-refractivity contribution is 0.238. The predicted molar refractivity (Wildman–Crippen MR) is 64.7 cm³/mol. The van der Waals surface area contributed by atoms with Gasteiger partial charge >= 0.3 is 0 Å². The van der Waals surface area contributed by atoms with Crippen molar-refractivity contribution in [2.45, 2.75) is 45.1 Å². The van der Waals surface area contributed by atoms with Gasteiger partial charge in [0, 0.05) is 5.54 Å². The molecular formula is C14H21N. The van der Waals surface area contributed by atoms with E-state index >= 15 is 0 Å². The Balaban J connectivity index is 2.32.